The van der Waals surface area contributed by atoms with Crippen LogP contribution in [0.1, 0.15) is 22.1 Å². The van der Waals surface area contributed by atoms with Crippen molar-refractivity contribution in [2.75, 3.05) is 0 Å². The molecule has 1 aromatic heterocycles. The van der Waals surface area contributed by atoms with E-state index in [0.29, 0.717) is 12.1 Å². The minimum atomic E-state index is -0.594. The van der Waals surface area contributed by atoms with Gasteiger partial charge in [-0.25, -0.2) is 0 Å². The van der Waals surface area contributed by atoms with Crippen LogP contribution in [-0.2, 0) is 6.61 Å². The highest BCUT2D eigenvalue weighted by molar-refractivity contribution is 5.76. The Morgan fingerprint density at radius 2 is 2.32 bits per heavy atom. The van der Waals surface area contributed by atoms with E-state index in [1.165, 1.54) is 18.2 Å². The van der Waals surface area contributed by atoms with Crippen molar-refractivity contribution in [1.82, 2.24) is 10.1 Å². The average Bonchev–Trinajstić information content (AvgIpc) is 2.81. The van der Waals surface area contributed by atoms with Crippen LogP contribution in [0.2, 0.25) is 0 Å². The molecule has 0 aliphatic rings. The quantitative estimate of drug-likeness (QED) is 0.458. The third kappa shape index (κ3) is 2.92. The molecule has 98 valence electrons. The molecule has 0 radical (unpaired) electrons. The van der Waals surface area contributed by atoms with Crippen molar-refractivity contribution in [2.45, 2.75) is 13.5 Å². The molecule has 1 heterocycles. The molecule has 8 nitrogen and oxygen atoms in total. The van der Waals surface area contributed by atoms with Crippen molar-refractivity contribution >= 4 is 12.0 Å². The van der Waals surface area contributed by atoms with Gasteiger partial charge in [0.2, 0.25) is 0 Å². The fraction of sp³-hybridized carbons (Fsp3) is 0.182. The van der Waals surface area contributed by atoms with Crippen molar-refractivity contribution in [2.24, 2.45) is 0 Å². The molecule has 2 rings (SSSR count). The predicted molar refractivity (Wildman–Crippen MR) is 61.9 cm³/mol. The molecule has 0 N–H and O–H groups in total. The predicted octanol–water partition coefficient (Wildman–Crippen LogP) is 1.68. The number of carbonyl (C=O) groups excluding carboxylic acids is 1. The van der Waals surface area contributed by atoms with E-state index in [1.54, 1.807) is 6.92 Å². The van der Waals surface area contributed by atoms with Gasteiger partial charge in [0.25, 0.3) is 5.89 Å². The van der Waals surface area contributed by atoms with Crippen LogP contribution in [0.5, 0.6) is 5.75 Å². The molecular formula is C11H9N3O5. The van der Waals surface area contributed by atoms with E-state index < -0.39 is 4.92 Å². The van der Waals surface area contributed by atoms with E-state index in [2.05, 4.69) is 10.1 Å². The number of carbonyl (C=O) groups is 1. The Morgan fingerprint density at radius 3 is 2.89 bits per heavy atom. The normalized spacial score (nSPS) is 10.2. The van der Waals surface area contributed by atoms with Crippen LogP contribution in [0.3, 0.4) is 0 Å². The van der Waals surface area contributed by atoms with Gasteiger partial charge in [-0.3, -0.25) is 14.9 Å². The summed E-state index contributed by atoms with van der Waals surface area (Å²) in [7, 11) is 0. The second-order valence-corrected chi connectivity index (χ2v) is 3.63. The van der Waals surface area contributed by atoms with Crippen molar-refractivity contribution < 1.29 is 19.0 Å². The van der Waals surface area contributed by atoms with Gasteiger partial charge in [0.15, 0.2) is 18.2 Å². The number of nitro groups is 1. The molecule has 0 bridgehead atoms. The molecule has 1 aromatic carbocycles. The average molecular weight is 263 g/mol. The number of hydrogen-bond acceptors (Lipinski definition) is 7. The van der Waals surface area contributed by atoms with Gasteiger partial charge in [-0.15, -0.1) is 0 Å². The first-order valence-electron chi connectivity index (χ1n) is 5.26. The topological polar surface area (TPSA) is 108 Å². The second-order valence-electron chi connectivity index (χ2n) is 3.63. The first kappa shape index (κ1) is 12.7. The van der Waals surface area contributed by atoms with Crippen LogP contribution in [-0.4, -0.2) is 21.4 Å². The van der Waals surface area contributed by atoms with E-state index >= 15 is 0 Å². The van der Waals surface area contributed by atoms with E-state index in [9.17, 15) is 14.9 Å². The highest BCUT2D eigenvalue weighted by Crippen LogP contribution is 2.28. The Hall–Kier alpha value is -2.77. The number of nitrogens with zero attached hydrogens (tertiary/aromatic N) is 3. The lowest BCUT2D eigenvalue weighted by atomic mass is 10.2. The maximum atomic E-state index is 10.8. The summed E-state index contributed by atoms with van der Waals surface area (Å²) >= 11 is 0. The van der Waals surface area contributed by atoms with Crippen LogP contribution in [0.15, 0.2) is 22.7 Å². The molecule has 0 amide bonds. The van der Waals surface area contributed by atoms with Crippen LogP contribution >= 0.6 is 0 Å². The smallest absolute Gasteiger partial charge is 0.310 e. The maximum absolute atomic E-state index is 10.8. The van der Waals surface area contributed by atoms with Gasteiger partial charge < -0.3 is 9.26 Å². The standard InChI is InChI=1S/C11H9N3O5/c1-7-12-11(19-13-7)6-18-10-4-8(5-15)2-3-9(10)14(16)17/h2-5H,6H2,1H3. The van der Waals surface area contributed by atoms with Crippen molar-refractivity contribution in [3.63, 3.8) is 0 Å². The molecule has 0 saturated carbocycles. The summed E-state index contributed by atoms with van der Waals surface area (Å²) in [5.74, 6) is 0.614. The second kappa shape index (κ2) is 5.25. The van der Waals surface area contributed by atoms with Gasteiger partial charge in [0, 0.05) is 11.6 Å². The summed E-state index contributed by atoms with van der Waals surface area (Å²) < 4.78 is 10.1. The van der Waals surface area contributed by atoms with Gasteiger partial charge in [0.1, 0.15) is 6.29 Å². The molecular weight excluding hydrogens is 254 g/mol. The van der Waals surface area contributed by atoms with E-state index in [1.807, 2.05) is 0 Å². The number of aryl methyl sites for hydroxylation is 1. The lowest BCUT2D eigenvalue weighted by molar-refractivity contribution is -0.386. The number of rotatable bonds is 5. The zero-order valence-corrected chi connectivity index (χ0v) is 9.90. The van der Waals surface area contributed by atoms with Crippen molar-refractivity contribution in [1.29, 1.82) is 0 Å². The van der Waals surface area contributed by atoms with E-state index in [4.69, 9.17) is 9.26 Å². The summed E-state index contributed by atoms with van der Waals surface area (Å²) in [5, 5.41) is 14.4. The van der Waals surface area contributed by atoms with Crippen LogP contribution < -0.4 is 4.74 Å². The van der Waals surface area contributed by atoms with Gasteiger partial charge in [-0.05, 0) is 19.1 Å². The minimum Gasteiger partial charge on any atom is -0.477 e. The molecule has 0 fully saturated rings. The lowest BCUT2D eigenvalue weighted by Crippen LogP contribution is -2.00. The molecule has 0 saturated heterocycles. The fourth-order valence-corrected chi connectivity index (χ4v) is 1.41. The molecule has 8 heteroatoms. The van der Waals surface area contributed by atoms with Gasteiger partial charge in [-0.2, -0.15) is 4.98 Å². The molecule has 0 aliphatic carbocycles. The van der Waals surface area contributed by atoms with Gasteiger partial charge in [-0.1, -0.05) is 5.16 Å². The summed E-state index contributed by atoms with van der Waals surface area (Å²) in [6.07, 6.45) is 0.577. The minimum absolute atomic E-state index is 0.0227. The molecule has 2 aromatic rings. The summed E-state index contributed by atoms with van der Waals surface area (Å²) in [6, 6.07) is 3.83. The highest BCUT2D eigenvalue weighted by Gasteiger charge is 2.16. The molecule has 0 unspecified atom stereocenters. The largest absolute Gasteiger partial charge is 0.477 e. The highest BCUT2D eigenvalue weighted by atomic mass is 16.6. The SMILES string of the molecule is Cc1noc(COc2cc(C=O)ccc2[N+](=O)[O-])n1. The molecule has 0 spiro atoms. The Morgan fingerprint density at radius 1 is 1.53 bits per heavy atom. The van der Waals surface area contributed by atoms with E-state index in [0.717, 1.165) is 0 Å². The van der Waals surface area contributed by atoms with Crippen LogP contribution in [0.25, 0.3) is 0 Å². The monoisotopic (exact) mass is 263 g/mol. The third-order valence-electron chi connectivity index (χ3n) is 2.24. The van der Waals surface area contributed by atoms with Gasteiger partial charge in [0.05, 0.1) is 4.92 Å². The number of benzene rings is 1. The third-order valence-corrected chi connectivity index (χ3v) is 2.24. The summed E-state index contributed by atoms with van der Waals surface area (Å²) in [6.45, 7) is 1.53. The number of nitro benzene ring substituents is 1. The van der Waals surface area contributed by atoms with Crippen molar-refractivity contribution in [3.8, 4) is 5.75 Å². The lowest BCUT2D eigenvalue weighted by Gasteiger charge is -2.04. The number of hydrogen-bond donors (Lipinski definition) is 0. The summed E-state index contributed by atoms with van der Waals surface area (Å²) in [4.78, 5) is 24.8. The molecule has 0 aliphatic heterocycles. The Labute approximate surface area is 107 Å². The first-order chi connectivity index (χ1) is 9.10. The maximum Gasteiger partial charge on any atom is 0.310 e. The Bertz CT molecular complexity index is 623. The molecule has 19 heavy (non-hydrogen) atoms. The van der Waals surface area contributed by atoms with Crippen LogP contribution in [0, 0.1) is 17.0 Å². The van der Waals surface area contributed by atoms with Crippen molar-refractivity contribution in [3.05, 3.63) is 45.6 Å². The van der Waals surface area contributed by atoms with Gasteiger partial charge >= 0.3 is 5.69 Å². The number of aldehydes is 1. The Kier molecular flexibility index (Phi) is 3.51. The van der Waals surface area contributed by atoms with Crippen LogP contribution in [0.4, 0.5) is 5.69 Å². The fourth-order valence-electron chi connectivity index (χ4n) is 1.41. The van der Waals surface area contributed by atoms with E-state index in [-0.39, 0.29) is 29.5 Å². The zero-order valence-electron chi connectivity index (χ0n) is 9.90. The zero-order chi connectivity index (χ0) is 13.8. The first-order valence-corrected chi connectivity index (χ1v) is 5.26. The molecule has 0 atom stereocenters. The Balaban J connectivity index is 2.22. The number of aromatic nitrogens is 2. The number of ether oxygens (including phenoxy) is 1. The summed E-state index contributed by atoms with van der Waals surface area (Å²) in [5.41, 5.74) is 0.0455.